The van der Waals surface area contributed by atoms with Gasteiger partial charge in [0.2, 0.25) is 10.0 Å². The maximum atomic E-state index is 12.5. The Morgan fingerprint density at radius 3 is 2.59 bits per heavy atom. The lowest BCUT2D eigenvalue weighted by Gasteiger charge is -2.33. The van der Waals surface area contributed by atoms with Crippen molar-refractivity contribution in [3.8, 4) is 12.3 Å². The van der Waals surface area contributed by atoms with Crippen molar-refractivity contribution < 1.29 is 13.2 Å². The summed E-state index contributed by atoms with van der Waals surface area (Å²) in [6, 6.07) is 6.32. The second-order valence-electron chi connectivity index (χ2n) is 4.71. The monoisotopic (exact) mass is 385 g/mol. The first-order valence-corrected chi connectivity index (χ1v) is 8.90. The molecule has 0 spiro atoms. The van der Waals surface area contributed by atoms with Crippen LogP contribution in [0.2, 0.25) is 0 Å². The molecule has 0 saturated carbocycles. The SMILES string of the molecule is C#CCNC(=O)N1CCN(S(=O)(=O)c2cccc(Br)c2)CC1. The number of sulfonamides is 1. The van der Waals surface area contributed by atoms with Crippen LogP contribution in [0.15, 0.2) is 33.6 Å². The van der Waals surface area contributed by atoms with E-state index in [2.05, 4.69) is 27.2 Å². The van der Waals surface area contributed by atoms with Crippen LogP contribution in [-0.4, -0.2) is 56.4 Å². The number of nitrogens with zero attached hydrogens (tertiary/aromatic N) is 2. The number of benzene rings is 1. The number of urea groups is 1. The summed E-state index contributed by atoms with van der Waals surface area (Å²) in [6.45, 7) is 1.36. The van der Waals surface area contributed by atoms with Gasteiger partial charge in [-0.05, 0) is 18.2 Å². The quantitative estimate of drug-likeness (QED) is 0.791. The number of terminal acetylenes is 1. The summed E-state index contributed by atoms with van der Waals surface area (Å²) >= 11 is 3.27. The summed E-state index contributed by atoms with van der Waals surface area (Å²) in [5.74, 6) is 2.33. The first-order chi connectivity index (χ1) is 10.4. The van der Waals surface area contributed by atoms with Gasteiger partial charge in [-0.1, -0.05) is 27.9 Å². The van der Waals surface area contributed by atoms with Gasteiger partial charge in [0.1, 0.15) is 0 Å². The van der Waals surface area contributed by atoms with Crippen LogP contribution in [0.3, 0.4) is 0 Å². The van der Waals surface area contributed by atoms with Crippen LogP contribution in [0.4, 0.5) is 4.79 Å². The standard InChI is InChI=1S/C14H16BrN3O3S/c1-2-6-16-14(19)17-7-9-18(10-8-17)22(20,21)13-5-3-4-12(15)11-13/h1,3-5,11H,6-10H2,(H,16,19). The first kappa shape index (κ1) is 16.8. The lowest BCUT2D eigenvalue weighted by Crippen LogP contribution is -2.53. The first-order valence-electron chi connectivity index (χ1n) is 6.67. The summed E-state index contributed by atoms with van der Waals surface area (Å²) < 4.78 is 27.2. The molecule has 1 aliphatic heterocycles. The van der Waals surface area contributed by atoms with Crippen molar-refractivity contribution in [2.75, 3.05) is 32.7 Å². The van der Waals surface area contributed by atoms with Gasteiger partial charge < -0.3 is 10.2 Å². The molecule has 1 aromatic rings. The van der Waals surface area contributed by atoms with E-state index in [-0.39, 0.29) is 30.6 Å². The Bertz CT molecular complexity index is 692. The molecule has 1 N–H and O–H groups in total. The number of carbonyl (C=O) groups is 1. The van der Waals surface area contributed by atoms with Gasteiger partial charge in [-0.15, -0.1) is 6.42 Å². The van der Waals surface area contributed by atoms with E-state index >= 15 is 0 Å². The number of amides is 2. The Hall–Kier alpha value is -1.56. The van der Waals surface area contributed by atoms with Gasteiger partial charge in [0.05, 0.1) is 11.4 Å². The summed E-state index contributed by atoms with van der Waals surface area (Å²) in [4.78, 5) is 13.6. The molecule has 0 radical (unpaired) electrons. The summed E-state index contributed by atoms with van der Waals surface area (Å²) in [6.07, 6.45) is 5.09. The molecule has 1 aliphatic rings. The normalized spacial score (nSPS) is 16.1. The number of nitrogens with one attached hydrogen (secondary N) is 1. The topological polar surface area (TPSA) is 69.7 Å². The molecule has 6 nitrogen and oxygen atoms in total. The van der Waals surface area contributed by atoms with Gasteiger partial charge >= 0.3 is 6.03 Å². The second kappa shape index (κ2) is 7.13. The molecule has 1 heterocycles. The van der Waals surface area contributed by atoms with Crippen molar-refractivity contribution in [3.63, 3.8) is 0 Å². The number of hydrogen-bond donors (Lipinski definition) is 1. The van der Waals surface area contributed by atoms with E-state index < -0.39 is 10.0 Å². The number of piperazine rings is 1. The maximum Gasteiger partial charge on any atom is 0.318 e. The van der Waals surface area contributed by atoms with E-state index in [1.54, 1.807) is 29.2 Å². The van der Waals surface area contributed by atoms with Crippen LogP contribution in [0.5, 0.6) is 0 Å². The van der Waals surface area contributed by atoms with Crippen molar-refractivity contribution in [1.82, 2.24) is 14.5 Å². The zero-order valence-electron chi connectivity index (χ0n) is 11.8. The van der Waals surface area contributed by atoms with E-state index in [1.165, 1.54) is 4.31 Å². The Kier molecular flexibility index (Phi) is 5.45. The molecule has 0 aliphatic carbocycles. The fourth-order valence-corrected chi connectivity index (χ4v) is 4.17. The molecule has 0 atom stereocenters. The lowest BCUT2D eigenvalue weighted by molar-refractivity contribution is 0.173. The van der Waals surface area contributed by atoms with Crippen molar-refractivity contribution in [2.45, 2.75) is 4.90 Å². The minimum Gasteiger partial charge on any atom is -0.327 e. The van der Waals surface area contributed by atoms with Crippen molar-refractivity contribution in [2.24, 2.45) is 0 Å². The van der Waals surface area contributed by atoms with E-state index in [9.17, 15) is 13.2 Å². The van der Waals surface area contributed by atoms with Gasteiger partial charge in [-0.2, -0.15) is 4.31 Å². The molecule has 1 saturated heterocycles. The molecule has 8 heteroatoms. The molecule has 1 aromatic carbocycles. The van der Waals surface area contributed by atoms with E-state index in [0.717, 1.165) is 0 Å². The molecule has 0 aromatic heterocycles. The Morgan fingerprint density at radius 1 is 1.32 bits per heavy atom. The number of halogens is 1. The molecule has 0 unspecified atom stereocenters. The molecule has 2 rings (SSSR count). The molecule has 22 heavy (non-hydrogen) atoms. The predicted molar refractivity (Wildman–Crippen MR) is 86.7 cm³/mol. The van der Waals surface area contributed by atoms with Crippen molar-refractivity contribution >= 4 is 32.0 Å². The highest BCUT2D eigenvalue weighted by Crippen LogP contribution is 2.21. The van der Waals surface area contributed by atoms with Crippen molar-refractivity contribution in [1.29, 1.82) is 0 Å². The van der Waals surface area contributed by atoms with Crippen LogP contribution in [0.25, 0.3) is 0 Å². The van der Waals surface area contributed by atoms with Gasteiger partial charge in [0.15, 0.2) is 0 Å². The fourth-order valence-electron chi connectivity index (χ4n) is 2.15. The zero-order chi connectivity index (χ0) is 16.2. The van der Waals surface area contributed by atoms with Crippen LogP contribution in [-0.2, 0) is 10.0 Å². The van der Waals surface area contributed by atoms with Crippen LogP contribution in [0.1, 0.15) is 0 Å². The highest BCUT2D eigenvalue weighted by molar-refractivity contribution is 9.10. The van der Waals surface area contributed by atoms with Gasteiger partial charge in [0, 0.05) is 30.7 Å². The van der Waals surface area contributed by atoms with Gasteiger partial charge in [-0.3, -0.25) is 0 Å². The van der Waals surface area contributed by atoms with E-state index in [1.807, 2.05) is 0 Å². The third kappa shape index (κ3) is 3.80. The molecule has 0 bridgehead atoms. The summed E-state index contributed by atoms with van der Waals surface area (Å²) in [5, 5.41) is 2.57. The smallest absolute Gasteiger partial charge is 0.318 e. The predicted octanol–water partition coefficient (Wildman–Crippen LogP) is 1.10. The minimum absolute atomic E-state index is 0.162. The molecule has 118 valence electrons. The summed E-state index contributed by atoms with van der Waals surface area (Å²) in [5.41, 5.74) is 0. The molecule has 1 fully saturated rings. The molecular weight excluding hydrogens is 370 g/mol. The van der Waals surface area contributed by atoms with Gasteiger partial charge in [0.25, 0.3) is 0 Å². The highest BCUT2D eigenvalue weighted by Gasteiger charge is 2.30. The number of carbonyl (C=O) groups excluding carboxylic acids is 1. The Balaban J connectivity index is 2.02. The highest BCUT2D eigenvalue weighted by atomic mass is 79.9. The Labute approximate surface area is 138 Å². The number of rotatable bonds is 3. The van der Waals surface area contributed by atoms with E-state index in [4.69, 9.17) is 6.42 Å². The third-order valence-corrected chi connectivity index (χ3v) is 5.69. The van der Waals surface area contributed by atoms with Crippen LogP contribution < -0.4 is 5.32 Å². The maximum absolute atomic E-state index is 12.5. The fraction of sp³-hybridized carbons (Fsp3) is 0.357. The Morgan fingerprint density at radius 2 is 2.00 bits per heavy atom. The largest absolute Gasteiger partial charge is 0.327 e. The van der Waals surface area contributed by atoms with Crippen LogP contribution in [0, 0.1) is 12.3 Å². The average molecular weight is 386 g/mol. The lowest BCUT2D eigenvalue weighted by atomic mass is 10.4. The van der Waals surface area contributed by atoms with Crippen LogP contribution >= 0.6 is 15.9 Å². The van der Waals surface area contributed by atoms with E-state index in [0.29, 0.717) is 17.6 Å². The third-order valence-electron chi connectivity index (χ3n) is 3.30. The molecule has 2 amide bonds. The average Bonchev–Trinajstić information content (AvgIpc) is 2.52. The summed E-state index contributed by atoms with van der Waals surface area (Å²) in [7, 11) is -3.54. The second-order valence-corrected chi connectivity index (χ2v) is 7.56. The zero-order valence-corrected chi connectivity index (χ0v) is 14.2. The van der Waals surface area contributed by atoms with Gasteiger partial charge in [-0.25, -0.2) is 13.2 Å². The number of hydrogen-bond acceptors (Lipinski definition) is 3. The minimum atomic E-state index is -3.54. The van der Waals surface area contributed by atoms with Crippen molar-refractivity contribution in [3.05, 3.63) is 28.7 Å². The molecular formula is C14H16BrN3O3S.